The van der Waals surface area contributed by atoms with Crippen molar-refractivity contribution in [1.29, 1.82) is 0 Å². The number of carbonyl (C=O) groups excluding carboxylic acids is 1. The molecule has 2 aliphatic rings. The summed E-state index contributed by atoms with van der Waals surface area (Å²) in [6, 6.07) is 4.85. The van der Waals surface area contributed by atoms with Gasteiger partial charge in [0.25, 0.3) is 5.91 Å². The van der Waals surface area contributed by atoms with Crippen LogP contribution in [-0.2, 0) is 0 Å². The SMILES string of the molecule is O=C(N[C@@H]1CCCN(C2CCCCCC2)C1)c1cc(Cl)ccc1F. The number of piperidine rings is 1. The topological polar surface area (TPSA) is 32.3 Å². The average Bonchev–Trinajstić information content (AvgIpc) is 2.86. The fourth-order valence-electron chi connectivity index (χ4n) is 4.01. The highest BCUT2D eigenvalue weighted by Crippen LogP contribution is 2.25. The number of likely N-dealkylation sites (tertiary alicyclic amines) is 1. The number of carbonyl (C=O) groups is 1. The average molecular weight is 353 g/mol. The van der Waals surface area contributed by atoms with Crippen LogP contribution in [0.4, 0.5) is 4.39 Å². The minimum absolute atomic E-state index is 0.0362. The third-order valence-electron chi connectivity index (χ3n) is 5.30. The van der Waals surface area contributed by atoms with Crippen LogP contribution in [0.2, 0.25) is 5.02 Å². The van der Waals surface area contributed by atoms with Gasteiger partial charge in [0, 0.05) is 23.7 Å². The lowest BCUT2D eigenvalue weighted by Gasteiger charge is -2.38. The molecule has 1 aliphatic carbocycles. The predicted molar refractivity (Wildman–Crippen MR) is 95.0 cm³/mol. The molecule has 0 aromatic heterocycles. The fourth-order valence-corrected chi connectivity index (χ4v) is 4.19. The van der Waals surface area contributed by atoms with Crippen molar-refractivity contribution in [3.8, 4) is 0 Å². The molecule has 1 saturated carbocycles. The molecule has 0 bridgehead atoms. The fraction of sp³-hybridized carbons (Fsp3) is 0.632. The van der Waals surface area contributed by atoms with Crippen LogP contribution in [0.15, 0.2) is 18.2 Å². The van der Waals surface area contributed by atoms with Gasteiger partial charge in [-0.15, -0.1) is 0 Å². The van der Waals surface area contributed by atoms with Gasteiger partial charge < -0.3 is 5.32 Å². The first-order valence-electron chi connectivity index (χ1n) is 9.13. The van der Waals surface area contributed by atoms with Crippen LogP contribution < -0.4 is 5.32 Å². The lowest BCUT2D eigenvalue weighted by atomic mass is 9.99. The first kappa shape index (κ1) is 17.7. The summed E-state index contributed by atoms with van der Waals surface area (Å²) in [6.07, 6.45) is 9.89. The summed E-state index contributed by atoms with van der Waals surface area (Å²) < 4.78 is 13.9. The molecule has 24 heavy (non-hydrogen) atoms. The van der Waals surface area contributed by atoms with Gasteiger partial charge in [-0.25, -0.2) is 4.39 Å². The van der Waals surface area contributed by atoms with Crippen LogP contribution in [0, 0.1) is 5.82 Å². The number of hydrogen-bond donors (Lipinski definition) is 1. The van der Waals surface area contributed by atoms with Gasteiger partial charge >= 0.3 is 0 Å². The molecule has 3 rings (SSSR count). The van der Waals surface area contributed by atoms with Crippen LogP contribution in [0.3, 0.4) is 0 Å². The summed E-state index contributed by atoms with van der Waals surface area (Å²) in [7, 11) is 0. The lowest BCUT2D eigenvalue weighted by Crippen LogP contribution is -2.51. The molecule has 3 nitrogen and oxygen atoms in total. The molecule has 1 aliphatic heterocycles. The number of rotatable bonds is 3. The number of halogens is 2. The highest BCUT2D eigenvalue weighted by atomic mass is 35.5. The van der Waals surface area contributed by atoms with E-state index in [2.05, 4.69) is 10.2 Å². The molecule has 1 N–H and O–H groups in total. The Bertz CT molecular complexity index is 572. The second kappa shape index (κ2) is 8.30. The van der Waals surface area contributed by atoms with Crippen molar-refractivity contribution in [2.45, 2.75) is 63.5 Å². The number of amides is 1. The number of nitrogens with one attached hydrogen (secondary N) is 1. The first-order valence-corrected chi connectivity index (χ1v) is 9.51. The van der Waals surface area contributed by atoms with Crippen molar-refractivity contribution in [3.05, 3.63) is 34.6 Å². The Kier molecular flexibility index (Phi) is 6.12. The smallest absolute Gasteiger partial charge is 0.254 e. The van der Waals surface area contributed by atoms with E-state index in [0.29, 0.717) is 11.1 Å². The zero-order valence-electron chi connectivity index (χ0n) is 14.1. The second-order valence-corrected chi connectivity index (χ2v) is 7.51. The molecule has 2 fully saturated rings. The van der Waals surface area contributed by atoms with Crippen LogP contribution in [-0.4, -0.2) is 36.0 Å². The van der Waals surface area contributed by atoms with E-state index in [1.807, 2.05) is 0 Å². The third-order valence-corrected chi connectivity index (χ3v) is 5.54. The van der Waals surface area contributed by atoms with Gasteiger partial charge in [-0.3, -0.25) is 9.69 Å². The van der Waals surface area contributed by atoms with Gasteiger partial charge in [0.1, 0.15) is 5.82 Å². The molecular weight excluding hydrogens is 327 g/mol. The molecule has 1 saturated heterocycles. The van der Waals surface area contributed by atoms with E-state index in [1.165, 1.54) is 56.7 Å². The maximum absolute atomic E-state index is 13.9. The molecule has 132 valence electrons. The third kappa shape index (κ3) is 4.48. The highest BCUT2D eigenvalue weighted by molar-refractivity contribution is 6.31. The Morgan fingerprint density at radius 1 is 1.12 bits per heavy atom. The molecule has 5 heteroatoms. The molecule has 0 spiro atoms. The van der Waals surface area contributed by atoms with Crippen LogP contribution in [0.25, 0.3) is 0 Å². The summed E-state index contributed by atoms with van der Waals surface area (Å²) in [5.74, 6) is -0.879. The van der Waals surface area contributed by atoms with Gasteiger partial charge in [-0.05, 0) is 50.4 Å². The number of benzene rings is 1. The quantitative estimate of drug-likeness (QED) is 0.818. The Labute approximate surface area is 148 Å². The maximum atomic E-state index is 13.9. The summed E-state index contributed by atoms with van der Waals surface area (Å²) in [5.41, 5.74) is 0.0362. The van der Waals surface area contributed by atoms with Crippen molar-refractivity contribution >= 4 is 17.5 Å². The van der Waals surface area contributed by atoms with E-state index >= 15 is 0 Å². The summed E-state index contributed by atoms with van der Waals surface area (Å²) in [4.78, 5) is 14.9. The van der Waals surface area contributed by atoms with Gasteiger partial charge in [0.2, 0.25) is 0 Å². The van der Waals surface area contributed by atoms with E-state index < -0.39 is 5.82 Å². The van der Waals surface area contributed by atoms with E-state index in [4.69, 9.17) is 11.6 Å². The maximum Gasteiger partial charge on any atom is 0.254 e. The Balaban J connectivity index is 1.60. The van der Waals surface area contributed by atoms with E-state index in [9.17, 15) is 9.18 Å². The van der Waals surface area contributed by atoms with Gasteiger partial charge in [-0.2, -0.15) is 0 Å². The zero-order chi connectivity index (χ0) is 16.9. The molecule has 1 atom stereocenters. The van der Waals surface area contributed by atoms with Crippen LogP contribution in [0.1, 0.15) is 61.7 Å². The Morgan fingerprint density at radius 2 is 1.88 bits per heavy atom. The van der Waals surface area contributed by atoms with Crippen molar-refractivity contribution in [2.24, 2.45) is 0 Å². The molecular formula is C19H26ClFN2O. The Hall–Kier alpha value is -1.13. The predicted octanol–water partition coefficient (Wildman–Crippen LogP) is 4.40. The van der Waals surface area contributed by atoms with Crippen LogP contribution in [0.5, 0.6) is 0 Å². The molecule has 1 aromatic rings. The van der Waals surface area contributed by atoms with Crippen molar-refractivity contribution in [1.82, 2.24) is 10.2 Å². The Morgan fingerprint density at radius 3 is 2.62 bits per heavy atom. The van der Waals surface area contributed by atoms with Crippen LogP contribution >= 0.6 is 11.6 Å². The second-order valence-electron chi connectivity index (χ2n) is 7.08. The van der Waals surface area contributed by atoms with Crippen molar-refractivity contribution in [3.63, 3.8) is 0 Å². The standard InChI is InChI=1S/C19H26ClFN2O/c20-14-9-10-18(21)17(12-14)19(24)22-15-6-5-11-23(13-15)16-7-3-1-2-4-8-16/h9-10,12,15-16H,1-8,11,13H2,(H,22,24)/t15-/m1/s1. The van der Waals surface area contributed by atoms with E-state index in [-0.39, 0.29) is 17.5 Å². The number of nitrogens with zero attached hydrogens (tertiary/aromatic N) is 1. The van der Waals surface area contributed by atoms with Crippen molar-refractivity contribution < 1.29 is 9.18 Å². The van der Waals surface area contributed by atoms with Crippen molar-refractivity contribution in [2.75, 3.05) is 13.1 Å². The normalized spacial score (nSPS) is 23.7. The number of hydrogen-bond acceptors (Lipinski definition) is 2. The first-order chi connectivity index (χ1) is 11.6. The summed E-state index contributed by atoms with van der Waals surface area (Å²) in [6.45, 7) is 1.99. The minimum atomic E-state index is -0.520. The lowest BCUT2D eigenvalue weighted by molar-refractivity contribution is 0.0857. The summed E-state index contributed by atoms with van der Waals surface area (Å²) >= 11 is 5.89. The highest BCUT2D eigenvalue weighted by Gasteiger charge is 2.27. The van der Waals surface area contributed by atoms with Gasteiger partial charge in [0.05, 0.1) is 5.56 Å². The molecule has 0 unspecified atom stereocenters. The largest absolute Gasteiger partial charge is 0.348 e. The summed E-state index contributed by atoms with van der Waals surface area (Å²) in [5, 5.41) is 3.39. The molecule has 1 amide bonds. The van der Waals surface area contributed by atoms with E-state index in [1.54, 1.807) is 0 Å². The van der Waals surface area contributed by atoms with Gasteiger partial charge in [0.15, 0.2) is 0 Å². The molecule has 1 heterocycles. The molecule has 1 aromatic carbocycles. The minimum Gasteiger partial charge on any atom is -0.348 e. The monoisotopic (exact) mass is 352 g/mol. The zero-order valence-corrected chi connectivity index (χ0v) is 14.8. The molecule has 0 radical (unpaired) electrons. The van der Waals surface area contributed by atoms with E-state index in [0.717, 1.165) is 25.9 Å². The van der Waals surface area contributed by atoms with Gasteiger partial charge in [-0.1, -0.05) is 37.3 Å².